The van der Waals surface area contributed by atoms with Gasteiger partial charge in [-0.15, -0.1) is 0 Å². The monoisotopic (exact) mass is 290 g/mol. The Balaban J connectivity index is 2.19. The van der Waals surface area contributed by atoms with Gasteiger partial charge >= 0.3 is 0 Å². The highest BCUT2D eigenvalue weighted by Gasteiger charge is 2.12. The molecule has 1 unspecified atom stereocenters. The molecule has 0 radical (unpaired) electrons. The van der Waals surface area contributed by atoms with Crippen LogP contribution < -0.4 is 10.1 Å². The Bertz CT molecular complexity index is 560. The normalized spacial score (nSPS) is 12.2. The number of ether oxygens (including phenoxy) is 1. The first-order valence-electron chi connectivity index (χ1n) is 6.82. The van der Waals surface area contributed by atoms with Gasteiger partial charge in [0.15, 0.2) is 0 Å². The van der Waals surface area contributed by atoms with E-state index in [1.807, 2.05) is 30.3 Å². The molecule has 2 aromatic rings. The number of hydrogen-bond acceptors (Lipinski definition) is 3. The van der Waals surface area contributed by atoms with E-state index in [1.165, 1.54) is 0 Å². The van der Waals surface area contributed by atoms with E-state index < -0.39 is 0 Å². The third-order valence-electron chi connectivity index (χ3n) is 2.98. The number of rotatable bonds is 6. The number of nitrogens with one attached hydrogen (secondary N) is 1. The Morgan fingerprint density at radius 3 is 2.90 bits per heavy atom. The highest BCUT2D eigenvalue weighted by Crippen LogP contribution is 2.28. The van der Waals surface area contributed by atoms with Gasteiger partial charge in [-0.05, 0) is 44.2 Å². The van der Waals surface area contributed by atoms with E-state index in [0.717, 1.165) is 18.5 Å². The maximum atomic E-state index is 5.97. The largest absolute Gasteiger partial charge is 0.439 e. The van der Waals surface area contributed by atoms with Crippen LogP contribution in [0.25, 0.3) is 0 Å². The van der Waals surface area contributed by atoms with Crippen LogP contribution in [0.5, 0.6) is 11.6 Å². The lowest BCUT2D eigenvalue weighted by Crippen LogP contribution is -2.20. The number of nitrogens with zero attached hydrogens (tertiary/aromatic N) is 1. The second-order valence-corrected chi connectivity index (χ2v) is 5.07. The lowest BCUT2D eigenvalue weighted by atomic mass is 10.1. The van der Waals surface area contributed by atoms with E-state index in [2.05, 4.69) is 24.1 Å². The van der Waals surface area contributed by atoms with Crippen LogP contribution in [-0.4, -0.2) is 11.5 Å². The molecule has 1 heterocycles. The van der Waals surface area contributed by atoms with Gasteiger partial charge in [0, 0.05) is 22.8 Å². The molecule has 0 amide bonds. The third-order valence-corrected chi connectivity index (χ3v) is 3.21. The van der Waals surface area contributed by atoms with Crippen LogP contribution in [0.1, 0.15) is 31.9 Å². The molecule has 0 aliphatic carbocycles. The van der Waals surface area contributed by atoms with E-state index in [1.54, 1.807) is 12.3 Å². The highest BCUT2D eigenvalue weighted by atomic mass is 35.5. The van der Waals surface area contributed by atoms with Crippen LogP contribution in [0.4, 0.5) is 0 Å². The van der Waals surface area contributed by atoms with Gasteiger partial charge < -0.3 is 10.1 Å². The minimum atomic E-state index is 0.192. The van der Waals surface area contributed by atoms with Crippen molar-refractivity contribution in [1.82, 2.24) is 10.3 Å². The van der Waals surface area contributed by atoms with Crippen LogP contribution in [-0.2, 0) is 0 Å². The molecule has 4 heteroatoms. The van der Waals surface area contributed by atoms with E-state index in [0.29, 0.717) is 16.7 Å². The molecule has 1 aromatic heterocycles. The maximum Gasteiger partial charge on any atom is 0.223 e. The summed E-state index contributed by atoms with van der Waals surface area (Å²) in [5.74, 6) is 1.31. The Labute approximate surface area is 124 Å². The zero-order valence-electron chi connectivity index (χ0n) is 11.8. The van der Waals surface area contributed by atoms with Crippen molar-refractivity contribution in [3.8, 4) is 11.6 Å². The summed E-state index contributed by atoms with van der Waals surface area (Å²) < 4.78 is 5.86. The number of pyridine rings is 1. The van der Waals surface area contributed by atoms with Gasteiger partial charge in [-0.25, -0.2) is 4.98 Å². The number of hydrogen-bond donors (Lipinski definition) is 1. The van der Waals surface area contributed by atoms with Gasteiger partial charge in [-0.2, -0.15) is 0 Å². The summed E-state index contributed by atoms with van der Waals surface area (Å²) in [6.45, 7) is 5.22. The first kappa shape index (κ1) is 14.8. The van der Waals surface area contributed by atoms with Gasteiger partial charge in [0.05, 0.1) is 0 Å². The van der Waals surface area contributed by atoms with Gasteiger partial charge in [0.1, 0.15) is 5.75 Å². The Hall–Kier alpha value is -1.58. The Morgan fingerprint density at radius 2 is 2.15 bits per heavy atom. The van der Waals surface area contributed by atoms with Crippen LogP contribution in [0.15, 0.2) is 42.6 Å². The van der Waals surface area contributed by atoms with E-state index in [9.17, 15) is 0 Å². The topological polar surface area (TPSA) is 34.2 Å². The molecule has 0 aliphatic rings. The molecular formula is C16H19ClN2O. The van der Waals surface area contributed by atoms with Gasteiger partial charge in [0.25, 0.3) is 0 Å². The minimum Gasteiger partial charge on any atom is -0.439 e. The van der Waals surface area contributed by atoms with E-state index >= 15 is 0 Å². The van der Waals surface area contributed by atoms with Crippen molar-refractivity contribution in [2.45, 2.75) is 26.3 Å². The fraction of sp³-hybridized carbons (Fsp3) is 0.312. The molecule has 0 saturated carbocycles. The fourth-order valence-electron chi connectivity index (χ4n) is 1.93. The van der Waals surface area contributed by atoms with Crippen LogP contribution >= 0.6 is 11.6 Å². The molecule has 3 nitrogen and oxygen atoms in total. The van der Waals surface area contributed by atoms with Crippen molar-refractivity contribution in [2.24, 2.45) is 0 Å². The lowest BCUT2D eigenvalue weighted by Gasteiger charge is -2.16. The van der Waals surface area contributed by atoms with Crippen molar-refractivity contribution in [2.75, 3.05) is 6.54 Å². The second kappa shape index (κ2) is 7.27. The second-order valence-electron chi connectivity index (χ2n) is 4.63. The Morgan fingerprint density at radius 1 is 1.30 bits per heavy atom. The van der Waals surface area contributed by atoms with Crippen molar-refractivity contribution in [1.29, 1.82) is 0 Å². The zero-order chi connectivity index (χ0) is 14.4. The molecule has 1 atom stereocenters. The van der Waals surface area contributed by atoms with Crippen LogP contribution in [0, 0.1) is 0 Å². The molecule has 106 valence electrons. The molecule has 20 heavy (non-hydrogen) atoms. The van der Waals surface area contributed by atoms with Gasteiger partial charge in [0.2, 0.25) is 5.88 Å². The summed E-state index contributed by atoms with van der Waals surface area (Å²) in [4.78, 5) is 4.33. The smallest absolute Gasteiger partial charge is 0.223 e. The molecule has 2 rings (SSSR count). The van der Waals surface area contributed by atoms with Crippen molar-refractivity contribution >= 4 is 11.6 Å². The molecule has 1 aromatic carbocycles. The first-order valence-corrected chi connectivity index (χ1v) is 7.20. The van der Waals surface area contributed by atoms with E-state index in [-0.39, 0.29) is 6.04 Å². The molecule has 0 bridgehead atoms. The zero-order valence-corrected chi connectivity index (χ0v) is 12.5. The quantitative estimate of drug-likeness (QED) is 0.845. The maximum absolute atomic E-state index is 5.97. The average molecular weight is 291 g/mol. The molecule has 0 saturated heterocycles. The van der Waals surface area contributed by atoms with Crippen LogP contribution in [0.2, 0.25) is 5.02 Å². The fourth-order valence-corrected chi connectivity index (χ4v) is 2.11. The van der Waals surface area contributed by atoms with Crippen molar-refractivity contribution < 1.29 is 4.74 Å². The summed E-state index contributed by atoms with van der Waals surface area (Å²) in [6, 6.07) is 11.5. The third kappa shape index (κ3) is 3.95. The summed E-state index contributed by atoms with van der Waals surface area (Å²) in [5, 5.41) is 4.09. The number of halogens is 1. The standard InChI is InChI=1S/C16H19ClN2O/c1-3-9-18-12(2)15-8-5-10-19-16(15)20-14-7-4-6-13(17)11-14/h4-8,10-12,18H,3,9H2,1-2H3. The van der Waals surface area contributed by atoms with Gasteiger partial charge in [-0.3, -0.25) is 0 Å². The highest BCUT2D eigenvalue weighted by molar-refractivity contribution is 6.30. The van der Waals surface area contributed by atoms with Crippen molar-refractivity contribution in [3.05, 3.63) is 53.2 Å². The predicted molar refractivity (Wildman–Crippen MR) is 82.5 cm³/mol. The summed E-state index contributed by atoms with van der Waals surface area (Å²) >= 11 is 5.97. The average Bonchev–Trinajstić information content (AvgIpc) is 2.45. The van der Waals surface area contributed by atoms with E-state index in [4.69, 9.17) is 16.3 Å². The lowest BCUT2D eigenvalue weighted by molar-refractivity contribution is 0.442. The molecule has 1 N–H and O–H groups in total. The summed E-state index contributed by atoms with van der Waals surface area (Å²) in [7, 11) is 0. The Kier molecular flexibility index (Phi) is 5.39. The number of aromatic nitrogens is 1. The summed E-state index contributed by atoms with van der Waals surface area (Å²) in [6.07, 6.45) is 2.82. The molecule has 0 fully saturated rings. The predicted octanol–water partition coefficient (Wildman–Crippen LogP) is 4.59. The molecule has 0 spiro atoms. The number of benzene rings is 1. The van der Waals surface area contributed by atoms with Crippen molar-refractivity contribution in [3.63, 3.8) is 0 Å². The minimum absolute atomic E-state index is 0.192. The molecule has 0 aliphatic heterocycles. The van der Waals surface area contributed by atoms with Crippen LogP contribution in [0.3, 0.4) is 0 Å². The molecular weight excluding hydrogens is 272 g/mol. The summed E-state index contributed by atoms with van der Waals surface area (Å²) in [5.41, 5.74) is 1.04. The van der Waals surface area contributed by atoms with Gasteiger partial charge in [-0.1, -0.05) is 30.7 Å². The SMILES string of the molecule is CCCNC(C)c1cccnc1Oc1cccc(Cl)c1. The first-order chi connectivity index (χ1) is 9.70.